The molecule has 0 unspecified atom stereocenters. The molecule has 1 aliphatic rings. The molecule has 0 radical (unpaired) electrons. The lowest BCUT2D eigenvalue weighted by Crippen LogP contribution is -2.39. The minimum Gasteiger partial charge on any atom is -0.407 e. The van der Waals surface area contributed by atoms with E-state index in [2.05, 4.69) is 40.7 Å². The molecule has 0 saturated carbocycles. The second kappa shape index (κ2) is 4.07. The summed E-state index contributed by atoms with van der Waals surface area (Å²) in [6.45, 7) is 12.3. The molecular formula is C11H21BO2. The molecular weight excluding hydrogens is 175 g/mol. The topological polar surface area (TPSA) is 18.5 Å². The molecule has 0 N–H and O–H groups in total. The van der Waals surface area contributed by atoms with Gasteiger partial charge < -0.3 is 9.31 Å². The van der Waals surface area contributed by atoms with E-state index in [1.54, 1.807) is 0 Å². The lowest BCUT2D eigenvalue weighted by Gasteiger charge is -2.32. The van der Waals surface area contributed by atoms with Crippen molar-refractivity contribution in [3.63, 3.8) is 0 Å². The van der Waals surface area contributed by atoms with Crippen LogP contribution in [0.25, 0.3) is 0 Å². The minimum atomic E-state index is -0.151. The summed E-state index contributed by atoms with van der Waals surface area (Å²) in [6.07, 6.45) is 2.13. The van der Waals surface area contributed by atoms with Crippen molar-refractivity contribution in [3.8, 4) is 0 Å². The van der Waals surface area contributed by atoms with E-state index in [9.17, 15) is 0 Å². The predicted molar refractivity (Wildman–Crippen MR) is 60.0 cm³/mol. The lowest BCUT2D eigenvalue weighted by molar-refractivity contribution is 0.0335. The Balaban J connectivity index is 2.40. The Bertz CT molecular complexity index is 206. The zero-order chi connectivity index (χ0) is 10.8. The Morgan fingerprint density at radius 1 is 1.14 bits per heavy atom. The van der Waals surface area contributed by atoms with Crippen molar-refractivity contribution in [2.45, 2.75) is 34.6 Å². The van der Waals surface area contributed by atoms with Crippen LogP contribution in [0.3, 0.4) is 0 Å². The van der Waals surface area contributed by atoms with E-state index in [1.807, 2.05) is 5.98 Å². The lowest BCUT2D eigenvalue weighted by atomic mass is 9.81. The standard InChI is InChI=1S/C11H21BO2/c1-10(2,3)6-7-12-13-8-11(4,5)9-14-12/h6-7H,8-9H2,1-5H3/b7-6+. The highest BCUT2D eigenvalue weighted by molar-refractivity contribution is 6.50. The molecule has 0 aromatic rings. The predicted octanol–water partition coefficient (Wildman–Crippen LogP) is 2.69. The Morgan fingerprint density at radius 3 is 2.07 bits per heavy atom. The van der Waals surface area contributed by atoms with Crippen molar-refractivity contribution in [3.05, 3.63) is 12.1 Å². The summed E-state index contributed by atoms with van der Waals surface area (Å²) in [4.78, 5) is 0. The van der Waals surface area contributed by atoms with Crippen molar-refractivity contribution in [1.29, 1.82) is 0 Å². The van der Waals surface area contributed by atoms with Crippen LogP contribution >= 0.6 is 0 Å². The average Bonchev–Trinajstić information content (AvgIpc) is 2.01. The fourth-order valence-corrected chi connectivity index (χ4v) is 1.18. The molecule has 0 aromatic heterocycles. The highest BCUT2D eigenvalue weighted by Crippen LogP contribution is 2.22. The normalized spacial score (nSPS) is 23.1. The Hall–Kier alpha value is -0.275. The molecule has 1 rings (SSSR count). The van der Waals surface area contributed by atoms with Gasteiger partial charge in [-0.25, -0.2) is 0 Å². The maximum absolute atomic E-state index is 5.58. The molecule has 1 saturated heterocycles. The van der Waals surface area contributed by atoms with Crippen LogP contribution in [-0.4, -0.2) is 20.3 Å². The first-order valence-electron chi connectivity index (χ1n) is 5.21. The van der Waals surface area contributed by atoms with Crippen LogP contribution in [0, 0.1) is 10.8 Å². The van der Waals surface area contributed by atoms with Gasteiger partial charge in [-0.15, -0.1) is 0 Å². The molecule has 0 atom stereocenters. The fourth-order valence-electron chi connectivity index (χ4n) is 1.18. The minimum absolute atomic E-state index is 0.151. The van der Waals surface area contributed by atoms with Crippen LogP contribution in [0.4, 0.5) is 0 Å². The maximum atomic E-state index is 5.58. The van der Waals surface area contributed by atoms with Gasteiger partial charge in [0.2, 0.25) is 0 Å². The molecule has 2 nitrogen and oxygen atoms in total. The Kier molecular flexibility index (Phi) is 3.43. The molecule has 1 heterocycles. The second-order valence-corrected chi connectivity index (χ2v) is 5.88. The molecule has 0 aliphatic carbocycles. The van der Waals surface area contributed by atoms with Crippen LogP contribution in [0.1, 0.15) is 34.6 Å². The Morgan fingerprint density at radius 2 is 1.64 bits per heavy atom. The number of hydrogen-bond acceptors (Lipinski definition) is 2. The third kappa shape index (κ3) is 4.29. The monoisotopic (exact) mass is 196 g/mol. The number of rotatable bonds is 1. The van der Waals surface area contributed by atoms with Gasteiger partial charge >= 0.3 is 7.12 Å². The fraction of sp³-hybridized carbons (Fsp3) is 0.818. The van der Waals surface area contributed by atoms with E-state index in [1.165, 1.54) is 0 Å². The molecule has 1 fully saturated rings. The highest BCUT2D eigenvalue weighted by Gasteiger charge is 2.30. The molecule has 0 aromatic carbocycles. The molecule has 0 bridgehead atoms. The molecule has 1 aliphatic heterocycles. The molecule has 0 spiro atoms. The van der Waals surface area contributed by atoms with E-state index in [-0.39, 0.29) is 17.9 Å². The maximum Gasteiger partial charge on any atom is 0.485 e. The highest BCUT2D eigenvalue weighted by atomic mass is 16.6. The van der Waals surface area contributed by atoms with Crippen molar-refractivity contribution < 1.29 is 9.31 Å². The summed E-state index contributed by atoms with van der Waals surface area (Å²) in [5, 5.41) is 0. The van der Waals surface area contributed by atoms with Gasteiger partial charge in [0.1, 0.15) is 0 Å². The van der Waals surface area contributed by atoms with Gasteiger partial charge in [-0.2, -0.15) is 0 Å². The van der Waals surface area contributed by atoms with Crippen molar-refractivity contribution in [2.24, 2.45) is 10.8 Å². The van der Waals surface area contributed by atoms with Crippen molar-refractivity contribution in [1.82, 2.24) is 0 Å². The average molecular weight is 196 g/mol. The smallest absolute Gasteiger partial charge is 0.407 e. The first kappa shape index (κ1) is 11.8. The summed E-state index contributed by atoms with van der Waals surface area (Å²) < 4.78 is 11.2. The summed E-state index contributed by atoms with van der Waals surface area (Å²) in [7, 11) is -0.151. The largest absolute Gasteiger partial charge is 0.485 e. The first-order chi connectivity index (χ1) is 6.29. The van der Waals surface area contributed by atoms with E-state index in [0.29, 0.717) is 0 Å². The van der Waals surface area contributed by atoms with Gasteiger partial charge in [-0.1, -0.05) is 46.7 Å². The quantitative estimate of drug-likeness (QED) is 0.600. The molecule has 14 heavy (non-hydrogen) atoms. The second-order valence-electron chi connectivity index (χ2n) is 5.88. The summed E-state index contributed by atoms with van der Waals surface area (Å²) in [6, 6.07) is 0. The van der Waals surface area contributed by atoms with Gasteiger partial charge in [0.05, 0.1) is 0 Å². The van der Waals surface area contributed by atoms with E-state index in [4.69, 9.17) is 9.31 Å². The third-order valence-corrected chi connectivity index (χ3v) is 2.03. The third-order valence-electron chi connectivity index (χ3n) is 2.03. The summed E-state index contributed by atoms with van der Waals surface area (Å²) in [5.41, 5.74) is 0.353. The van der Waals surface area contributed by atoms with E-state index < -0.39 is 0 Å². The van der Waals surface area contributed by atoms with Gasteiger partial charge in [0, 0.05) is 18.6 Å². The van der Waals surface area contributed by atoms with Crippen LogP contribution in [-0.2, 0) is 9.31 Å². The number of allylic oxidation sites excluding steroid dienone is 1. The molecule has 0 amide bonds. The van der Waals surface area contributed by atoms with Gasteiger partial charge in [-0.05, 0) is 5.41 Å². The van der Waals surface area contributed by atoms with Crippen LogP contribution in [0.2, 0.25) is 0 Å². The van der Waals surface area contributed by atoms with Crippen molar-refractivity contribution >= 4 is 7.12 Å². The zero-order valence-corrected chi connectivity index (χ0v) is 9.96. The SMILES string of the molecule is CC(C)(C)/C=C/B1OCC(C)(C)CO1. The van der Waals surface area contributed by atoms with Crippen molar-refractivity contribution in [2.75, 3.05) is 13.2 Å². The Labute approximate surface area is 87.8 Å². The van der Waals surface area contributed by atoms with E-state index in [0.717, 1.165) is 13.2 Å². The molecule has 3 heteroatoms. The van der Waals surface area contributed by atoms with Gasteiger partial charge in [0.25, 0.3) is 0 Å². The van der Waals surface area contributed by atoms with Crippen LogP contribution in [0.5, 0.6) is 0 Å². The van der Waals surface area contributed by atoms with E-state index >= 15 is 0 Å². The number of hydrogen-bond donors (Lipinski definition) is 0. The van der Waals surface area contributed by atoms with Gasteiger partial charge in [-0.3, -0.25) is 0 Å². The first-order valence-corrected chi connectivity index (χ1v) is 5.21. The van der Waals surface area contributed by atoms with Gasteiger partial charge in [0.15, 0.2) is 0 Å². The summed E-state index contributed by atoms with van der Waals surface area (Å²) in [5.74, 6) is 2.01. The molecule has 80 valence electrons. The van der Waals surface area contributed by atoms with Crippen LogP contribution in [0.15, 0.2) is 12.1 Å². The van der Waals surface area contributed by atoms with Crippen LogP contribution < -0.4 is 0 Å². The zero-order valence-electron chi connectivity index (χ0n) is 9.96. The summed E-state index contributed by atoms with van der Waals surface area (Å²) >= 11 is 0.